The summed E-state index contributed by atoms with van der Waals surface area (Å²) >= 11 is 0. The normalized spacial score (nSPS) is 10.4. The fourth-order valence-corrected chi connectivity index (χ4v) is 2.72. The van der Waals surface area contributed by atoms with Crippen LogP contribution in [0.25, 0.3) is 22.3 Å². The highest BCUT2D eigenvalue weighted by atomic mass is 16.5. The van der Waals surface area contributed by atoms with E-state index < -0.39 is 0 Å². The first-order valence-electron chi connectivity index (χ1n) is 7.92. The summed E-state index contributed by atoms with van der Waals surface area (Å²) in [7, 11) is 0. The van der Waals surface area contributed by atoms with Crippen LogP contribution < -0.4 is 5.73 Å². The molecule has 24 heavy (non-hydrogen) atoms. The molecule has 0 atom stereocenters. The molecule has 0 heterocycles. The van der Waals surface area contributed by atoms with Crippen molar-refractivity contribution in [3.8, 4) is 22.3 Å². The maximum Gasteiger partial charge on any atom is 0.338 e. The van der Waals surface area contributed by atoms with Crippen molar-refractivity contribution < 1.29 is 9.53 Å². The highest BCUT2D eigenvalue weighted by Gasteiger charge is 2.17. The van der Waals surface area contributed by atoms with Gasteiger partial charge in [-0.15, -0.1) is 0 Å². The molecule has 0 unspecified atom stereocenters. The highest BCUT2D eigenvalue weighted by Crippen LogP contribution is 2.34. The van der Waals surface area contributed by atoms with E-state index in [1.807, 2.05) is 72.8 Å². The Morgan fingerprint density at radius 2 is 1.42 bits per heavy atom. The van der Waals surface area contributed by atoms with E-state index in [0.717, 1.165) is 22.3 Å². The third-order valence-corrected chi connectivity index (χ3v) is 3.85. The fourth-order valence-electron chi connectivity index (χ4n) is 2.72. The van der Waals surface area contributed by atoms with E-state index in [1.165, 1.54) is 0 Å². The van der Waals surface area contributed by atoms with Gasteiger partial charge < -0.3 is 10.5 Å². The SMILES string of the molecule is CCOC(=O)c1cc(-c2ccccc2)c(N)cc1-c1ccccc1. The molecule has 0 aliphatic rings. The van der Waals surface area contributed by atoms with Crippen molar-refractivity contribution in [2.75, 3.05) is 12.3 Å². The second-order valence-corrected chi connectivity index (χ2v) is 5.44. The predicted molar refractivity (Wildman–Crippen MR) is 97.7 cm³/mol. The summed E-state index contributed by atoms with van der Waals surface area (Å²) in [6.07, 6.45) is 0. The number of hydrogen-bond donors (Lipinski definition) is 1. The Kier molecular flexibility index (Phi) is 4.62. The van der Waals surface area contributed by atoms with Gasteiger partial charge in [0.25, 0.3) is 0 Å². The summed E-state index contributed by atoms with van der Waals surface area (Å²) in [5.74, 6) is -0.339. The van der Waals surface area contributed by atoms with Gasteiger partial charge in [0.1, 0.15) is 0 Å². The van der Waals surface area contributed by atoms with Gasteiger partial charge in [0.05, 0.1) is 12.2 Å². The molecule has 0 aliphatic carbocycles. The van der Waals surface area contributed by atoms with E-state index in [4.69, 9.17) is 10.5 Å². The second kappa shape index (κ2) is 7.01. The Labute approximate surface area is 141 Å². The molecule has 0 bridgehead atoms. The minimum Gasteiger partial charge on any atom is -0.462 e. The van der Waals surface area contributed by atoms with Gasteiger partial charge in [-0.1, -0.05) is 60.7 Å². The third-order valence-electron chi connectivity index (χ3n) is 3.85. The van der Waals surface area contributed by atoms with Gasteiger partial charge in [0.15, 0.2) is 0 Å². The zero-order chi connectivity index (χ0) is 16.9. The van der Waals surface area contributed by atoms with Crippen LogP contribution in [-0.2, 0) is 4.74 Å². The molecule has 3 rings (SSSR count). The van der Waals surface area contributed by atoms with E-state index in [0.29, 0.717) is 17.9 Å². The van der Waals surface area contributed by atoms with Gasteiger partial charge in [-0.25, -0.2) is 4.79 Å². The van der Waals surface area contributed by atoms with Crippen molar-refractivity contribution >= 4 is 11.7 Å². The minimum atomic E-state index is -0.339. The monoisotopic (exact) mass is 317 g/mol. The summed E-state index contributed by atoms with van der Waals surface area (Å²) in [5, 5.41) is 0. The molecule has 0 aliphatic heterocycles. The Hall–Kier alpha value is -3.07. The Bertz CT molecular complexity index is 842. The molecule has 0 radical (unpaired) electrons. The van der Waals surface area contributed by atoms with E-state index in [9.17, 15) is 4.79 Å². The van der Waals surface area contributed by atoms with Crippen molar-refractivity contribution in [3.63, 3.8) is 0 Å². The van der Waals surface area contributed by atoms with Gasteiger partial charge in [-0.2, -0.15) is 0 Å². The van der Waals surface area contributed by atoms with Crippen LogP contribution in [0.3, 0.4) is 0 Å². The maximum absolute atomic E-state index is 12.5. The molecule has 3 aromatic rings. The van der Waals surface area contributed by atoms with Gasteiger partial charge in [0, 0.05) is 11.3 Å². The van der Waals surface area contributed by atoms with Crippen molar-refractivity contribution in [1.29, 1.82) is 0 Å². The molecule has 2 N–H and O–H groups in total. The molecule has 3 aromatic carbocycles. The van der Waals surface area contributed by atoms with E-state index in [2.05, 4.69) is 0 Å². The predicted octanol–water partition coefficient (Wildman–Crippen LogP) is 4.78. The quantitative estimate of drug-likeness (QED) is 0.556. The molecular weight excluding hydrogens is 298 g/mol. The van der Waals surface area contributed by atoms with Crippen LogP contribution in [0.1, 0.15) is 17.3 Å². The number of ether oxygens (including phenoxy) is 1. The summed E-state index contributed by atoms with van der Waals surface area (Å²) in [6, 6.07) is 23.2. The van der Waals surface area contributed by atoms with E-state index in [-0.39, 0.29) is 5.97 Å². The lowest BCUT2D eigenvalue weighted by Crippen LogP contribution is -2.08. The average Bonchev–Trinajstić information content (AvgIpc) is 2.63. The second-order valence-electron chi connectivity index (χ2n) is 5.44. The lowest BCUT2D eigenvalue weighted by atomic mass is 9.93. The standard InChI is InChI=1S/C21H19NO2/c1-2-24-21(23)19-13-18(16-11-7-4-8-12-16)20(22)14-17(19)15-9-5-3-6-10-15/h3-14H,2,22H2,1H3. The number of carbonyl (C=O) groups excluding carboxylic acids is 1. The zero-order valence-corrected chi connectivity index (χ0v) is 13.5. The van der Waals surface area contributed by atoms with Crippen LogP contribution >= 0.6 is 0 Å². The lowest BCUT2D eigenvalue weighted by molar-refractivity contribution is 0.0527. The molecule has 0 saturated carbocycles. The molecule has 0 aromatic heterocycles. The summed E-state index contributed by atoms with van der Waals surface area (Å²) in [6.45, 7) is 2.13. The number of esters is 1. The van der Waals surface area contributed by atoms with Crippen molar-refractivity contribution in [2.24, 2.45) is 0 Å². The van der Waals surface area contributed by atoms with Crippen LogP contribution in [0.2, 0.25) is 0 Å². The summed E-state index contributed by atoms with van der Waals surface area (Å²) in [4.78, 5) is 12.5. The molecule has 0 spiro atoms. The molecule has 0 fully saturated rings. The molecule has 0 saturated heterocycles. The summed E-state index contributed by atoms with van der Waals surface area (Å²) < 4.78 is 5.24. The van der Waals surface area contributed by atoms with Gasteiger partial charge in [0.2, 0.25) is 0 Å². The number of nitrogens with two attached hydrogens (primary N) is 1. The Morgan fingerprint density at radius 3 is 1.96 bits per heavy atom. The Balaban J connectivity index is 2.20. The zero-order valence-electron chi connectivity index (χ0n) is 13.5. The van der Waals surface area contributed by atoms with E-state index in [1.54, 1.807) is 6.92 Å². The fraction of sp³-hybridized carbons (Fsp3) is 0.0952. The topological polar surface area (TPSA) is 52.3 Å². The number of nitrogen functional groups attached to an aromatic ring is 1. The molecule has 0 amide bonds. The third kappa shape index (κ3) is 3.15. The first-order valence-corrected chi connectivity index (χ1v) is 7.92. The van der Waals surface area contributed by atoms with Gasteiger partial charge in [-0.3, -0.25) is 0 Å². The van der Waals surface area contributed by atoms with Crippen molar-refractivity contribution in [2.45, 2.75) is 6.92 Å². The average molecular weight is 317 g/mol. The number of carbonyl (C=O) groups is 1. The van der Waals surface area contributed by atoms with Crippen molar-refractivity contribution in [3.05, 3.63) is 78.4 Å². The van der Waals surface area contributed by atoms with Crippen molar-refractivity contribution in [1.82, 2.24) is 0 Å². The first kappa shape index (κ1) is 15.8. The maximum atomic E-state index is 12.5. The minimum absolute atomic E-state index is 0.331. The number of rotatable bonds is 4. The van der Waals surface area contributed by atoms with E-state index >= 15 is 0 Å². The molecule has 3 nitrogen and oxygen atoms in total. The largest absolute Gasteiger partial charge is 0.462 e. The van der Waals surface area contributed by atoms with Crippen LogP contribution in [-0.4, -0.2) is 12.6 Å². The lowest BCUT2D eigenvalue weighted by Gasteiger charge is -2.14. The number of hydrogen-bond acceptors (Lipinski definition) is 3. The molecule has 3 heteroatoms. The number of benzene rings is 3. The van der Waals surface area contributed by atoms with Gasteiger partial charge in [-0.05, 0) is 35.7 Å². The van der Waals surface area contributed by atoms with Crippen LogP contribution in [0.5, 0.6) is 0 Å². The van der Waals surface area contributed by atoms with Crippen LogP contribution in [0.4, 0.5) is 5.69 Å². The summed E-state index contributed by atoms with van der Waals surface area (Å²) in [5.41, 5.74) is 11.0. The molecular formula is C21H19NO2. The van der Waals surface area contributed by atoms with Crippen LogP contribution in [0, 0.1) is 0 Å². The highest BCUT2D eigenvalue weighted by molar-refractivity contribution is 6.01. The molecule has 120 valence electrons. The van der Waals surface area contributed by atoms with Crippen LogP contribution in [0.15, 0.2) is 72.8 Å². The first-order chi connectivity index (χ1) is 11.7. The smallest absolute Gasteiger partial charge is 0.338 e. The van der Waals surface area contributed by atoms with Gasteiger partial charge >= 0.3 is 5.97 Å². The number of anilines is 1. The Morgan fingerprint density at radius 1 is 0.875 bits per heavy atom.